The molecule has 0 aromatic carbocycles. The molecule has 2 N–H and O–H groups in total. The Labute approximate surface area is 123 Å². The number of rotatable bonds is 4. The molecule has 1 aliphatic rings. The van der Waals surface area contributed by atoms with Crippen LogP contribution in [0, 0.1) is 0 Å². The van der Waals surface area contributed by atoms with Gasteiger partial charge >= 0.3 is 6.03 Å². The van der Waals surface area contributed by atoms with Crippen LogP contribution in [0.15, 0.2) is 6.33 Å². The van der Waals surface area contributed by atoms with Gasteiger partial charge in [0.2, 0.25) is 5.88 Å². The SMILES string of the molecule is CCC1(O)CN(C(=O)Nc2c(OC)ncnc2N(C)C)C1. The number of amides is 2. The summed E-state index contributed by atoms with van der Waals surface area (Å²) in [6.45, 7) is 2.54. The zero-order valence-electron chi connectivity index (χ0n) is 12.8. The van der Waals surface area contributed by atoms with Crippen LogP contribution in [0.4, 0.5) is 16.3 Å². The van der Waals surface area contributed by atoms with Gasteiger partial charge in [-0.1, -0.05) is 6.92 Å². The number of likely N-dealkylation sites (tertiary alicyclic amines) is 1. The minimum absolute atomic E-state index is 0.299. The molecule has 8 heteroatoms. The third-order valence-corrected chi connectivity index (χ3v) is 3.56. The molecule has 116 valence electrons. The smallest absolute Gasteiger partial charge is 0.322 e. The largest absolute Gasteiger partial charge is 0.479 e. The summed E-state index contributed by atoms with van der Waals surface area (Å²) in [5.74, 6) is 0.856. The van der Waals surface area contributed by atoms with Crippen LogP contribution in [0.1, 0.15) is 13.3 Å². The summed E-state index contributed by atoms with van der Waals surface area (Å²) in [6.07, 6.45) is 2.00. The van der Waals surface area contributed by atoms with Gasteiger partial charge in [0.25, 0.3) is 0 Å². The maximum Gasteiger partial charge on any atom is 0.322 e. The minimum Gasteiger partial charge on any atom is -0.479 e. The highest BCUT2D eigenvalue weighted by molar-refractivity contribution is 5.94. The van der Waals surface area contributed by atoms with Crippen molar-refractivity contribution in [2.75, 3.05) is 44.5 Å². The lowest BCUT2D eigenvalue weighted by atomic mass is 9.92. The molecule has 2 rings (SSSR count). The molecule has 21 heavy (non-hydrogen) atoms. The second kappa shape index (κ2) is 5.72. The molecule has 1 aliphatic heterocycles. The Kier molecular flexibility index (Phi) is 4.17. The molecule has 2 heterocycles. The van der Waals surface area contributed by atoms with Crippen molar-refractivity contribution in [1.29, 1.82) is 0 Å². The Morgan fingerprint density at radius 3 is 2.71 bits per heavy atom. The number of anilines is 2. The van der Waals surface area contributed by atoms with E-state index in [4.69, 9.17) is 4.74 Å². The summed E-state index contributed by atoms with van der Waals surface area (Å²) in [7, 11) is 5.12. The van der Waals surface area contributed by atoms with Gasteiger partial charge in [-0.05, 0) is 6.42 Å². The topological polar surface area (TPSA) is 90.8 Å². The molecule has 0 saturated carbocycles. The number of aromatic nitrogens is 2. The van der Waals surface area contributed by atoms with E-state index in [1.54, 1.807) is 4.90 Å². The predicted octanol–water partition coefficient (Wildman–Crippen LogP) is 0.540. The molecule has 1 saturated heterocycles. The van der Waals surface area contributed by atoms with Crippen LogP contribution < -0.4 is 15.0 Å². The van der Waals surface area contributed by atoms with E-state index in [0.29, 0.717) is 36.9 Å². The molecule has 0 atom stereocenters. The number of urea groups is 1. The van der Waals surface area contributed by atoms with E-state index in [2.05, 4.69) is 15.3 Å². The fourth-order valence-electron chi connectivity index (χ4n) is 2.18. The average Bonchev–Trinajstić information content (AvgIpc) is 2.43. The lowest BCUT2D eigenvalue weighted by Gasteiger charge is -2.45. The zero-order chi connectivity index (χ0) is 15.6. The molecule has 2 amide bonds. The Bertz CT molecular complexity index is 529. The molecule has 8 nitrogen and oxygen atoms in total. The van der Waals surface area contributed by atoms with Crippen LogP contribution in [0.3, 0.4) is 0 Å². The highest BCUT2D eigenvalue weighted by Gasteiger charge is 2.42. The molecular formula is C13H21N5O3. The number of ether oxygens (including phenoxy) is 1. The number of methoxy groups -OCH3 is 1. The van der Waals surface area contributed by atoms with Gasteiger partial charge in [0.05, 0.1) is 25.8 Å². The maximum atomic E-state index is 12.2. The van der Waals surface area contributed by atoms with Crippen molar-refractivity contribution in [3.05, 3.63) is 6.33 Å². The number of nitrogens with zero attached hydrogens (tertiary/aromatic N) is 4. The standard InChI is InChI=1S/C13H21N5O3/c1-5-13(20)6-18(7-13)12(19)16-9-10(17(2)3)14-8-15-11(9)21-4/h8,20H,5-7H2,1-4H3,(H,16,19). The first-order valence-electron chi connectivity index (χ1n) is 6.75. The van der Waals surface area contributed by atoms with E-state index in [-0.39, 0.29) is 6.03 Å². The number of carbonyl (C=O) groups is 1. The Hall–Kier alpha value is -2.09. The van der Waals surface area contributed by atoms with Crippen molar-refractivity contribution in [1.82, 2.24) is 14.9 Å². The number of hydrogen-bond donors (Lipinski definition) is 2. The zero-order valence-corrected chi connectivity index (χ0v) is 12.8. The van der Waals surface area contributed by atoms with Crippen LogP contribution in [-0.2, 0) is 0 Å². The summed E-state index contributed by atoms with van der Waals surface area (Å²) in [5, 5.41) is 12.7. The van der Waals surface area contributed by atoms with Crippen molar-refractivity contribution in [2.24, 2.45) is 0 Å². The van der Waals surface area contributed by atoms with Gasteiger partial charge in [0.15, 0.2) is 5.82 Å². The van der Waals surface area contributed by atoms with Crippen molar-refractivity contribution < 1.29 is 14.6 Å². The van der Waals surface area contributed by atoms with Crippen molar-refractivity contribution in [3.8, 4) is 5.88 Å². The molecule has 1 aromatic rings. The van der Waals surface area contributed by atoms with Crippen LogP contribution in [-0.4, -0.2) is 65.9 Å². The van der Waals surface area contributed by atoms with Crippen molar-refractivity contribution in [2.45, 2.75) is 18.9 Å². The first-order valence-corrected chi connectivity index (χ1v) is 6.75. The van der Waals surface area contributed by atoms with E-state index >= 15 is 0 Å². The van der Waals surface area contributed by atoms with Crippen LogP contribution in [0.5, 0.6) is 5.88 Å². The summed E-state index contributed by atoms with van der Waals surface area (Å²) in [6, 6.07) is -0.302. The number of hydrogen-bond acceptors (Lipinski definition) is 6. The molecule has 0 aliphatic carbocycles. The maximum absolute atomic E-state index is 12.2. The molecular weight excluding hydrogens is 274 g/mol. The third kappa shape index (κ3) is 2.99. The lowest BCUT2D eigenvalue weighted by molar-refractivity contribution is -0.0755. The monoisotopic (exact) mass is 295 g/mol. The summed E-state index contributed by atoms with van der Waals surface area (Å²) >= 11 is 0. The fourth-order valence-corrected chi connectivity index (χ4v) is 2.18. The van der Waals surface area contributed by atoms with E-state index in [1.807, 2.05) is 21.0 Å². The second-order valence-corrected chi connectivity index (χ2v) is 5.34. The van der Waals surface area contributed by atoms with Crippen LogP contribution in [0.2, 0.25) is 0 Å². The Balaban J connectivity index is 2.14. The van der Waals surface area contributed by atoms with Gasteiger partial charge in [0, 0.05) is 14.1 Å². The third-order valence-electron chi connectivity index (χ3n) is 3.56. The lowest BCUT2D eigenvalue weighted by Crippen LogP contribution is -2.64. The van der Waals surface area contributed by atoms with Crippen LogP contribution >= 0.6 is 0 Å². The molecule has 1 aromatic heterocycles. The van der Waals surface area contributed by atoms with Crippen molar-refractivity contribution in [3.63, 3.8) is 0 Å². The summed E-state index contributed by atoms with van der Waals surface area (Å²) < 4.78 is 5.17. The van der Waals surface area contributed by atoms with Gasteiger partial charge in [-0.25, -0.2) is 9.78 Å². The van der Waals surface area contributed by atoms with Crippen molar-refractivity contribution >= 4 is 17.5 Å². The number of β-amino-alcohol motifs (C(OH)–C–C–N with tert-alkyl or cyclic N) is 1. The van der Waals surface area contributed by atoms with E-state index < -0.39 is 5.60 Å². The Morgan fingerprint density at radius 1 is 1.52 bits per heavy atom. The van der Waals surface area contributed by atoms with E-state index in [1.165, 1.54) is 18.3 Å². The predicted molar refractivity (Wildman–Crippen MR) is 78.7 cm³/mol. The first-order chi connectivity index (χ1) is 9.90. The van der Waals surface area contributed by atoms with E-state index in [0.717, 1.165) is 0 Å². The fraction of sp³-hybridized carbons (Fsp3) is 0.615. The first kappa shape index (κ1) is 15.3. The van der Waals surface area contributed by atoms with Gasteiger partial charge in [-0.15, -0.1) is 0 Å². The number of carbonyl (C=O) groups excluding carboxylic acids is 1. The highest BCUT2D eigenvalue weighted by Crippen LogP contribution is 2.31. The van der Waals surface area contributed by atoms with Gasteiger partial charge in [-0.3, -0.25) is 5.32 Å². The van der Waals surface area contributed by atoms with Crippen LogP contribution in [0.25, 0.3) is 0 Å². The quantitative estimate of drug-likeness (QED) is 0.842. The Morgan fingerprint density at radius 2 is 2.19 bits per heavy atom. The number of nitrogens with one attached hydrogen (secondary N) is 1. The van der Waals surface area contributed by atoms with Gasteiger partial charge in [0.1, 0.15) is 12.0 Å². The normalized spacial score (nSPS) is 16.1. The summed E-state index contributed by atoms with van der Waals surface area (Å²) in [4.78, 5) is 23.7. The van der Waals surface area contributed by atoms with Gasteiger partial charge < -0.3 is 19.6 Å². The molecule has 0 bridgehead atoms. The number of aliphatic hydroxyl groups is 1. The molecule has 0 unspecified atom stereocenters. The second-order valence-electron chi connectivity index (χ2n) is 5.34. The highest BCUT2D eigenvalue weighted by atomic mass is 16.5. The van der Waals surface area contributed by atoms with E-state index in [9.17, 15) is 9.90 Å². The summed E-state index contributed by atoms with van der Waals surface area (Å²) in [5.41, 5.74) is -0.346. The van der Waals surface area contributed by atoms with Gasteiger partial charge in [-0.2, -0.15) is 4.98 Å². The molecule has 0 radical (unpaired) electrons. The molecule has 1 fully saturated rings. The minimum atomic E-state index is -0.765. The average molecular weight is 295 g/mol. The molecule has 0 spiro atoms.